The van der Waals surface area contributed by atoms with Crippen molar-refractivity contribution in [2.45, 2.75) is 13.5 Å². The molecule has 0 radical (unpaired) electrons. The number of aryl methyl sites for hydroxylation is 1. The lowest BCUT2D eigenvalue weighted by molar-refractivity contribution is 0.112. The summed E-state index contributed by atoms with van der Waals surface area (Å²) in [6, 6.07) is 13.2. The van der Waals surface area contributed by atoms with Crippen LogP contribution in [0.15, 0.2) is 42.5 Å². The minimum atomic E-state index is 0.371. The topological polar surface area (TPSA) is 55.0 Å². The molecule has 0 saturated carbocycles. The maximum atomic E-state index is 10.7. The van der Waals surface area contributed by atoms with Crippen molar-refractivity contribution in [1.82, 2.24) is 9.97 Å². The average molecular weight is 266 g/mol. The fourth-order valence-electron chi connectivity index (χ4n) is 2.09. The van der Waals surface area contributed by atoms with E-state index in [2.05, 4.69) is 9.97 Å². The fourth-order valence-corrected chi connectivity index (χ4v) is 2.09. The molecule has 0 saturated heterocycles. The van der Waals surface area contributed by atoms with Crippen LogP contribution in [0.5, 0.6) is 5.75 Å². The van der Waals surface area contributed by atoms with Gasteiger partial charge in [-0.25, -0.2) is 4.98 Å². The molecule has 100 valence electrons. The first-order chi connectivity index (χ1) is 9.76. The van der Waals surface area contributed by atoms with Gasteiger partial charge >= 0.3 is 0 Å². The summed E-state index contributed by atoms with van der Waals surface area (Å²) in [6.45, 7) is 2.38. The van der Waals surface area contributed by atoms with Gasteiger partial charge in [-0.1, -0.05) is 18.2 Å². The lowest BCUT2D eigenvalue weighted by atomic mass is 10.2. The van der Waals surface area contributed by atoms with E-state index in [0.717, 1.165) is 34.5 Å². The Hall–Kier alpha value is -2.62. The SMILES string of the molecule is Cc1ccccc1OCc1nc2ccc(C=O)cc2[nH]1. The molecule has 0 aliphatic rings. The van der Waals surface area contributed by atoms with Crippen LogP contribution in [0.1, 0.15) is 21.7 Å². The van der Waals surface area contributed by atoms with Crippen LogP contribution >= 0.6 is 0 Å². The molecule has 1 N–H and O–H groups in total. The summed E-state index contributed by atoms with van der Waals surface area (Å²) in [5.41, 5.74) is 3.40. The summed E-state index contributed by atoms with van der Waals surface area (Å²) in [7, 11) is 0. The second-order valence-corrected chi connectivity index (χ2v) is 4.63. The standard InChI is InChI=1S/C16H14N2O2/c1-11-4-2-3-5-15(11)20-10-16-17-13-7-6-12(9-19)8-14(13)18-16/h2-9H,10H2,1H3,(H,17,18). The molecule has 1 heterocycles. The number of carbonyl (C=O) groups excluding carboxylic acids is 1. The minimum Gasteiger partial charge on any atom is -0.485 e. The Labute approximate surface area is 116 Å². The van der Waals surface area contributed by atoms with Crippen molar-refractivity contribution in [2.24, 2.45) is 0 Å². The molecule has 3 aromatic rings. The van der Waals surface area contributed by atoms with Crippen molar-refractivity contribution in [2.75, 3.05) is 0 Å². The number of fused-ring (bicyclic) bond motifs is 1. The van der Waals surface area contributed by atoms with Crippen LogP contribution in [0.4, 0.5) is 0 Å². The average Bonchev–Trinajstić information content (AvgIpc) is 2.88. The number of aromatic nitrogens is 2. The number of aldehydes is 1. The highest BCUT2D eigenvalue weighted by atomic mass is 16.5. The summed E-state index contributed by atoms with van der Waals surface area (Å²) >= 11 is 0. The molecule has 0 spiro atoms. The molecule has 0 atom stereocenters. The van der Waals surface area contributed by atoms with Gasteiger partial charge in [-0.15, -0.1) is 0 Å². The Morgan fingerprint density at radius 3 is 2.90 bits per heavy atom. The van der Waals surface area contributed by atoms with E-state index in [1.54, 1.807) is 12.1 Å². The number of aromatic amines is 1. The van der Waals surface area contributed by atoms with Gasteiger partial charge in [0.05, 0.1) is 11.0 Å². The third-order valence-electron chi connectivity index (χ3n) is 3.15. The lowest BCUT2D eigenvalue weighted by Gasteiger charge is -2.06. The van der Waals surface area contributed by atoms with E-state index in [1.807, 2.05) is 37.3 Å². The quantitative estimate of drug-likeness (QED) is 0.737. The second-order valence-electron chi connectivity index (χ2n) is 4.63. The van der Waals surface area contributed by atoms with Gasteiger partial charge in [0.15, 0.2) is 0 Å². The normalized spacial score (nSPS) is 10.7. The zero-order chi connectivity index (χ0) is 13.9. The summed E-state index contributed by atoms with van der Waals surface area (Å²) in [5.74, 6) is 1.59. The van der Waals surface area contributed by atoms with Crippen molar-refractivity contribution in [1.29, 1.82) is 0 Å². The van der Waals surface area contributed by atoms with Crippen LogP contribution in [0.25, 0.3) is 11.0 Å². The van der Waals surface area contributed by atoms with Gasteiger partial charge in [0.2, 0.25) is 0 Å². The molecule has 3 rings (SSSR count). The Balaban J connectivity index is 1.81. The lowest BCUT2D eigenvalue weighted by Crippen LogP contribution is -1.98. The number of imidazole rings is 1. The smallest absolute Gasteiger partial charge is 0.150 e. The largest absolute Gasteiger partial charge is 0.485 e. The van der Waals surface area contributed by atoms with Gasteiger partial charge in [-0.2, -0.15) is 0 Å². The molecular weight excluding hydrogens is 252 g/mol. The van der Waals surface area contributed by atoms with Crippen LogP contribution in [-0.4, -0.2) is 16.3 Å². The van der Waals surface area contributed by atoms with E-state index in [4.69, 9.17) is 4.74 Å². The molecule has 0 bridgehead atoms. The number of carbonyl (C=O) groups is 1. The number of hydrogen-bond donors (Lipinski definition) is 1. The first-order valence-corrected chi connectivity index (χ1v) is 6.38. The van der Waals surface area contributed by atoms with E-state index >= 15 is 0 Å². The van der Waals surface area contributed by atoms with Gasteiger partial charge in [-0.3, -0.25) is 4.79 Å². The number of nitrogens with zero attached hydrogens (tertiary/aromatic N) is 1. The predicted octanol–water partition coefficient (Wildman–Crippen LogP) is 3.26. The van der Waals surface area contributed by atoms with Crippen molar-refractivity contribution in [3.05, 3.63) is 59.4 Å². The summed E-state index contributed by atoms with van der Waals surface area (Å²) in [4.78, 5) is 18.3. The Morgan fingerprint density at radius 2 is 2.10 bits per heavy atom. The number of hydrogen-bond acceptors (Lipinski definition) is 3. The van der Waals surface area contributed by atoms with E-state index in [1.165, 1.54) is 0 Å². The molecule has 4 nitrogen and oxygen atoms in total. The summed E-state index contributed by atoms with van der Waals surface area (Å²) in [5, 5.41) is 0. The Kier molecular flexibility index (Phi) is 3.21. The summed E-state index contributed by atoms with van der Waals surface area (Å²) < 4.78 is 5.75. The minimum absolute atomic E-state index is 0.371. The van der Waals surface area contributed by atoms with Gasteiger partial charge in [0.25, 0.3) is 0 Å². The maximum absolute atomic E-state index is 10.7. The monoisotopic (exact) mass is 266 g/mol. The molecule has 0 aliphatic carbocycles. The number of nitrogens with one attached hydrogen (secondary N) is 1. The van der Waals surface area contributed by atoms with Crippen LogP contribution < -0.4 is 4.74 Å². The molecular formula is C16H14N2O2. The molecule has 0 fully saturated rings. The molecule has 0 unspecified atom stereocenters. The van der Waals surface area contributed by atoms with Crippen LogP contribution in [0.3, 0.4) is 0 Å². The van der Waals surface area contributed by atoms with Crippen molar-refractivity contribution in [3.63, 3.8) is 0 Å². The highest BCUT2D eigenvalue weighted by Crippen LogP contribution is 2.18. The number of rotatable bonds is 4. The van der Waals surface area contributed by atoms with Gasteiger partial charge in [0.1, 0.15) is 24.5 Å². The molecule has 0 amide bonds. The van der Waals surface area contributed by atoms with Gasteiger partial charge in [0, 0.05) is 5.56 Å². The first-order valence-electron chi connectivity index (χ1n) is 6.38. The van der Waals surface area contributed by atoms with Crippen LogP contribution in [0, 0.1) is 6.92 Å². The Bertz CT molecular complexity index is 762. The molecule has 0 aliphatic heterocycles. The zero-order valence-corrected chi connectivity index (χ0v) is 11.1. The van der Waals surface area contributed by atoms with Crippen molar-refractivity contribution >= 4 is 17.3 Å². The zero-order valence-electron chi connectivity index (χ0n) is 11.1. The van der Waals surface area contributed by atoms with Crippen molar-refractivity contribution in [3.8, 4) is 5.75 Å². The highest BCUT2D eigenvalue weighted by Gasteiger charge is 2.05. The number of H-pyrrole nitrogens is 1. The van der Waals surface area contributed by atoms with Gasteiger partial charge in [-0.05, 0) is 36.8 Å². The van der Waals surface area contributed by atoms with Crippen molar-refractivity contribution < 1.29 is 9.53 Å². The summed E-state index contributed by atoms with van der Waals surface area (Å²) in [6.07, 6.45) is 0.823. The molecule has 4 heteroatoms. The van der Waals surface area contributed by atoms with E-state index in [-0.39, 0.29) is 0 Å². The van der Waals surface area contributed by atoms with E-state index in [0.29, 0.717) is 12.2 Å². The Morgan fingerprint density at radius 1 is 1.25 bits per heavy atom. The van der Waals surface area contributed by atoms with Crippen LogP contribution in [0.2, 0.25) is 0 Å². The first kappa shape index (κ1) is 12.4. The highest BCUT2D eigenvalue weighted by molar-refractivity contribution is 5.84. The number of benzene rings is 2. The third-order valence-corrected chi connectivity index (χ3v) is 3.15. The maximum Gasteiger partial charge on any atom is 0.150 e. The number of ether oxygens (including phenoxy) is 1. The fraction of sp³-hybridized carbons (Fsp3) is 0.125. The van der Waals surface area contributed by atoms with Crippen LogP contribution in [-0.2, 0) is 6.61 Å². The number of para-hydroxylation sites is 1. The molecule has 2 aromatic carbocycles. The molecule has 20 heavy (non-hydrogen) atoms. The van der Waals surface area contributed by atoms with E-state index < -0.39 is 0 Å². The van der Waals surface area contributed by atoms with Gasteiger partial charge < -0.3 is 9.72 Å². The third kappa shape index (κ3) is 2.40. The molecule has 1 aromatic heterocycles. The second kappa shape index (κ2) is 5.17. The predicted molar refractivity (Wildman–Crippen MR) is 77.0 cm³/mol. The van der Waals surface area contributed by atoms with E-state index in [9.17, 15) is 4.79 Å².